The molecule has 154 valence electrons. The highest BCUT2D eigenvalue weighted by molar-refractivity contribution is 5.82. The van der Waals surface area contributed by atoms with Gasteiger partial charge in [-0.2, -0.15) is 0 Å². The second kappa shape index (κ2) is 9.86. The van der Waals surface area contributed by atoms with E-state index in [-0.39, 0.29) is 25.2 Å². The molecule has 1 saturated heterocycles. The Kier molecular flexibility index (Phi) is 6.99. The zero-order valence-electron chi connectivity index (χ0n) is 16.8. The molecule has 0 bridgehead atoms. The number of aryl methyl sites for hydroxylation is 2. The second-order valence-electron chi connectivity index (χ2n) is 7.07. The van der Waals surface area contributed by atoms with Crippen LogP contribution in [0.1, 0.15) is 29.8 Å². The maximum Gasteiger partial charge on any atom is 0.407 e. The van der Waals surface area contributed by atoms with Crippen LogP contribution in [0, 0.1) is 13.8 Å². The summed E-state index contributed by atoms with van der Waals surface area (Å²) in [6.07, 6.45) is 0.862. The molecule has 1 aromatic carbocycles. The standard InChI is InChI=1S/C21H26N4O4/c1-15-11-16(2)24-20(23-15)29-18-9-6-10-25(13-18)19(26)12-22-21(27)28-14-17-7-4-3-5-8-17/h3-5,7-8,11,18H,6,9-10,12-14H2,1-2H3,(H,22,27). The van der Waals surface area contributed by atoms with Gasteiger partial charge in [0.25, 0.3) is 0 Å². The minimum absolute atomic E-state index is 0.111. The van der Waals surface area contributed by atoms with Crippen LogP contribution < -0.4 is 10.1 Å². The first-order valence-corrected chi connectivity index (χ1v) is 9.71. The molecule has 3 rings (SSSR count). The van der Waals surface area contributed by atoms with E-state index in [0.717, 1.165) is 29.8 Å². The van der Waals surface area contributed by atoms with Gasteiger partial charge in [-0.15, -0.1) is 0 Å². The molecule has 1 unspecified atom stereocenters. The van der Waals surface area contributed by atoms with Crippen LogP contribution >= 0.6 is 0 Å². The van der Waals surface area contributed by atoms with E-state index in [4.69, 9.17) is 9.47 Å². The number of aromatic nitrogens is 2. The summed E-state index contributed by atoms with van der Waals surface area (Å²) in [5.41, 5.74) is 2.57. The van der Waals surface area contributed by atoms with Crippen LogP contribution in [0.2, 0.25) is 0 Å². The van der Waals surface area contributed by atoms with Gasteiger partial charge in [0, 0.05) is 17.9 Å². The van der Waals surface area contributed by atoms with Crippen molar-refractivity contribution in [1.82, 2.24) is 20.2 Å². The van der Waals surface area contributed by atoms with Crippen LogP contribution in [0.15, 0.2) is 36.4 Å². The first kappa shape index (κ1) is 20.6. The van der Waals surface area contributed by atoms with E-state index in [1.807, 2.05) is 50.2 Å². The van der Waals surface area contributed by atoms with Gasteiger partial charge in [-0.3, -0.25) is 4.79 Å². The number of carbonyl (C=O) groups excluding carboxylic acids is 2. The Bertz CT molecular complexity index is 824. The maximum atomic E-state index is 12.5. The van der Waals surface area contributed by atoms with Crippen molar-refractivity contribution in [3.8, 4) is 6.01 Å². The van der Waals surface area contributed by atoms with Crippen molar-refractivity contribution in [3.05, 3.63) is 53.3 Å². The van der Waals surface area contributed by atoms with Crippen molar-refractivity contribution in [2.75, 3.05) is 19.6 Å². The van der Waals surface area contributed by atoms with Gasteiger partial charge in [0.05, 0.1) is 6.54 Å². The zero-order valence-corrected chi connectivity index (χ0v) is 16.8. The predicted octanol–water partition coefficient (Wildman–Crippen LogP) is 2.39. The summed E-state index contributed by atoms with van der Waals surface area (Å²) in [4.78, 5) is 34.6. The lowest BCUT2D eigenvalue weighted by atomic mass is 10.1. The van der Waals surface area contributed by atoms with Crippen LogP contribution in [0.25, 0.3) is 0 Å². The Hall–Kier alpha value is -3.16. The molecule has 2 heterocycles. The number of piperidine rings is 1. The van der Waals surface area contributed by atoms with Gasteiger partial charge in [0.1, 0.15) is 19.3 Å². The highest BCUT2D eigenvalue weighted by Crippen LogP contribution is 2.16. The predicted molar refractivity (Wildman–Crippen MR) is 106 cm³/mol. The topological polar surface area (TPSA) is 93.7 Å². The number of carbonyl (C=O) groups is 2. The largest absolute Gasteiger partial charge is 0.458 e. The summed E-state index contributed by atoms with van der Waals surface area (Å²) in [5.74, 6) is -0.170. The molecule has 1 atom stereocenters. The van der Waals surface area contributed by atoms with E-state index < -0.39 is 6.09 Å². The van der Waals surface area contributed by atoms with Gasteiger partial charge in [-0.05, 0) is 38.3 Å². The van der Waals surface area contributed by atoms with E-state index >= 15 is 0 Å². The van der Waals surface area contributed by atoms with E-state index in [2.05, 4.69) is 15.3 Å². The summed E-state index contributed by atoms with van der Waals surface area (Å²) >= 11 is 0. The number of ether oxygens (including phenoxy) is 2. The first-order chi connectivity index (χ1) is 14.0. The summed E-state index contributed by atoms with van der Waals surface area (Å²) in [6.45, 7) is 4.90. The third-order valence-corrected chi connectivity index (χ3v) is 4.56. The van der Waals surface area contributed by atoms with E-state index in [9.17, 15) is 9.59 Å². The number of alkyl carbamates (subject to hydrolysis) is 1. The fourth-order valence-corrected chi connectivity index (χ4v) is 3.19. The molecule has 2 aromatic rings. The van der Waals surface area contributed by atoms with Crippen LogP contribution in [-0.2, 0) is 16.1 Å². The minimum atomic E-state index is -0.615. The van der Waals surface area contributed by atoms with Crippen LogP contribution in [0.4, 0.5) is 4.79 Å². The van der Waals surface area contributed by atoms with Crippen LogP contribution in [0.5, 0.6) is 6.01 Å². The van der Waals surface area contributed by atoms with E-state index in [1.165, 1.54) is 0 Å². The monoisotopic (exact) mass is 398 g/mol. The molecule has 0 saturated carbocycles. The molecule has 1 aliphatic heterocycles. The molecule has 2 amide bonds. The summed E-state index contributed by atoms with van der Waals surface area (Å²) in [7, 11) is 0. The molecule has 8 nitrogen and oxygen atoms in total. The molecule has 0 aliphatic carbocycles. The Morgan fingerprint density at radius 2 is 1.90 bits per heavy atom. The van der Waals surface area contributed by atoms with Gasteiger partial charge in [-0.1, -0.05) is 30.3 Å². The van der Waals surface area contributed by atoms with E-state index in [1.54, 1.807) is 4.90 Å². The van der Waals surface area contributed by atoms with Gasteiger partial charge in [0.2, 0.25) is 5.91 Å². The number of benzene rings is 1. The number of amides is 2. The van der Waals surface area contributed by atoms with Gasteiger partial charge < -0.3 is 19.7 Å². The summed E-state index contributed by atoms with van der Waals surface area (Å²) in [5, 5.41) is 2.51. The smallest absolute Gasteiger partial charge is 0.407 e. The van der Waals surface area contributed by atoms with Crippen LogP contribution in [0.3, 0.4) is 0 Å². The molecule has 1 aliphatic rings. The molecule has 1 fully saturated rings. The fraction of sp³-hybridized carbons (Fsp3) is 0.429. The van der Waals surface area contributed by atoms with Crippen molar-refractivity contribution < 1.29 is 19.1 Å². The molecule has 1 aromatic heterocycles. The van der Waals surface area contributed by atoms with Crippen molar-refractivity contribution in [2.24, 2.45) is 0 Å². The highest BCUT2D eigenvalue weighted by Gasteiger charge is 2.26. The molecular formula is C21H26N4O4. The first-order valence-electron chi connectivity index (χ1n) is 9.71. The van der Waals surface area contributed by atoms with Crippen LogP contribution in [-0.4, -0.2) is 52.6 Å². The zero-order chi connectivity index (χ0) is 20.6. The summed E-state index contributed by atoms with van der Waals surface area (Å²) in [6, 6.07) is 11.6. The fourth-order valence-electron chi connectivity index (χ4n) is 3.19. The van der Waals surface area contributed by atoms with Crippen molar-refractivity contribution in [3.63, 3.8) is 0 Å². The maximum absolute atomic E-state index is 12.5. The second-order valence-corrected chi connectivity index (χ2v) is 7.07. The number of rotatable bonds is 6. The molecule has 0 spiro atoms. The normalized spacial score (nSPS) is 16.2. The molecule has 8 heteroatoms. The lowest BCUT2D eigenvalue weighted by Crippen LogP contribution is -2.48. The van der Waals surface area contributed by atoms with Crippen molar-refractivity contribution in [1.29, 1.82) is 0 Å². The minimum Gasteiger partial charge on any atom is -0.458 e. The average molecular weight is 398 g/mol. The van der Waals surface area contributed by atoms with Gasteiger partial charge in [0.15, 0.2) is 0 Å². The Morgan fingerprint density at radius 3 is 2.62 bits per heavy atom. The molecular weight excluding hydrogens is 372 g/mol. The summed E-state index contributed by atoms with van der Waals surface area (Å²) < 4.78 is 11.0. The lowest BCUT2D eigenvalue weighted by molar-refractivity contribution is -0.132. The van der Waals surface area contributed by atoms with Gasteiger partial charge >= 0.3 is 12.1 Å². The van der Waals surface area contributed by atoms with Crippen molar-refractivity contribution in [2.45, 2.75) is 39.4 Å². The number of nitrogens with one attached hydrogen (secondary N) is 1. The van der Waals surface area contributed by atoms with Gasteiger partial charge in [-0.25, -0.2) is 14.8 Å². The number of likely N-dealkylation sites (tertiary alicyclic amines) is 1. The number of hydrogen-bond acceptors (Lipinski definition) is 6. The van der Waals surface area contributed by atoms with Crippen molar-refractivity contribution >= 4 is 12.0 Å². The third kappa shape index (κ3) is 6.44. The third-order valence-electron chi connectivity index (χ3n) is 4.56. The molecule has 29 heavy (non-hydrogen) atoms. The molecule has 1 N–H and O–H groups in total. The number of hydrogen-bond donors (Lipinski definition) is 1. The lowest BCUT2D eigenvalue weighted by Gasteiger charge is -2.32. The van der Waals surface area contributed by atoms with E-state index in [0.29, 0.717) is 19.1 Å². The highest BCUT2D eigenvalue weighted by atomic mass is 16.5. The Morgan fingerprint density at radius 1 is 1.17 bits per heavy atom. The number of nitrogens with zero attached hydrogens (tertiary/aromatic N) is 3. The molecule has 0 radical (unpaired) electrons. The SMILES string of the molecule is Cc1cc(C)nc(OC2CCCN(C(=O)CNC(=O)OCc3ccccc3)C2)n1. The average Bonchev–Trinajstić information content (AvgIpc) is 2.70. The Labute approximate surface area is 170 Å². The Balaban J connectivity index is 1.43. The quantitative estimate of drug-likeness (QED) is 0.803.